The number of nitrogens with zero attached hydrogens (tertiary/aromatic N) is 1. The summed E-state index contributed by atoms with van der Waals surface area (Å²) in [6.45, 7) is 2.06. The molecule has 1 saturated heterocycles. The van der Waals surface area contributed by atoms with Crippen molar-refractivity contribution in [3.63, 3.8) is 0 Å². The average molecular weight is 255 g/mol. The smallest absolute Gasteiger partial charge is 0.260 e. The number of sulfonamides is 1. The highest BCUT2D eigenvalue weighted by Gasteiger charge is 2.31. The number of carbonyl (C=O) groups excluding carboxylic acids is 1. The predicted octanol–water partition coefficient (Wildman–Crippen LogP) is 1.16. The van der Waals surface area contributed by atoms with Crippen molar-refractivity contribution in [2.24, 2.45) is 0 Å². The molecule has 1 amide bonds. The topological polar surface area (TPSA) is 67.6 Å². The van der Waals surface area contributed by atoms with E-state index < -0.39 is 15.9 Å². The van der Waals surface area contributed by atoms with Gasteiger partial charge in [-0.1, -0.05) is 0 Å². The highest BCUT2D eigenvalue weighted by Crippen LogP contribution is 2.15. The first-order valence-electron chi connectivity index (χ1n) is 5.28. The molecule has 0 spiro atoms. The maximum Gasteiger partial charge on any atom is 0.260 e. The SMILES string of the molecule is Cc1ccc(/C=C/C(=O)N2CCCS2(=O)=O)o1. The van der Waals surface area contributed by atoms with Gasteiger partial charge in [0.1, 0.15) is 11.5 Å². The van der Waals surface area contributed by atoms with Crippen LogP contribution in [-0.2, 0) is 14.8 Å². The minimum Gasteiger partial charge on any atom is -0.462 e. The Hall–Kier alpha value is -1.56. The normalized spacial score (nSPS) is 19.0. The van der Waals surface area contributed by atoms with E-state index in [1.807, 2.05) is 0 Å². The number of amides is 1. The van der Waals surface area contributed by atoms with E-state index >= 15 is 0 Å². The minimum atomic E-state index is -3.38. The highest BCUT2D eigenvalue weighted by molar-refractivity contribution is 7.89. The first-order valence-corrected chi connectivity index (χ1v) is 6.89. The number of rotatable bonds is 2. The largest absolute Gasteiger partial charge is 0.462 e. The van der Waals surface area contributed by atoms with Crippen LogP contribution in [0.5, 0.6) is 0 Å². The Labute approximate surface area is 99.8 Å². The molecule has 0 unspecified atom stereocenters. The molecule has 1 aliphatic heterocycles. The Kier molecular flexibility index (Phi) is 3.06. The van der Waals surface area contributed by atoms with Gasteiger partial charge in [-0.25, -0.2) is 12.7 Å². The Morgan fingerprint density at radius 3 is 2.76 bits per heavy atom. The molecule has 1 aromatic heterocycles. The molecule has 1 aliphatic rings. The molecule has 0 aliphatic carbocycles. The summed E-state index contributed by atoms with van der Waals surface area (Å²) in [5.74, 6) is 0.807. The zero-order valence-corrected chi connectivity index (χ0v) is 10.2. The molecule has 0 saturated carbocycles. The molecule has 1 aromatic rings. The van der Waals surface area contributed by atoms with Crippen LogP contribution in [0, 0.1) is 6.92 Å². The molecule has 0 aromatic carbocycles. The van der Waals surface area contributed by atoms with Crippen LogP contribution in [0.15, 0.2) is 22.6 Å². The molecule has 2 heterocycles. The fourth-order valence-electron chi connectivity index (χ4n) is 1.67. The Balaban J connectivity index is 2.10. The van der Waals surface area contributed by atoms with Gasteiger partial charge in [0, 0.05) is 12.6 Å². The van der Waals surface area contributed by atoms with Gasteiger partial charge in [-0.15, -0.1) is 0 Å². The van der Waals surface area contributed by atoms with Crippen molar-refractivity contribution < 1.29 is 17.6 Å². The summed E-state index contributed by atoms with van der Waals surface area (Å²) in [6.07, 6.45) is 3.20. The van der Waals surface area contributed by atoms with Gasteiger partial charge in [-0.2, -0.15) is 0 Å². The van der Waals surface area contributed by atoms with Crippen molar-refractivity contribution in [1.29, 1.82) is 0 Å². The lowest BCUT2D eigenvalue weighted by atomic mass is 10.3. The van der Waals surface area contributed by atoms with E-state index in [1.165, 1.54) is 12.2 Å². The minimum absolute atomic E-state index is 0.0481. The van der Waals surface area contributed by atoms with E-state index in [9.17, 15) is 13.2 Å². The zero-order chi connectivity index (χ0) is 12.5. The lowest BCUT2D eigenvalue weighted by Gasteiger charge is -2.11. The summed E-state index contributed by atoms with van der Waals surface area (Å²) >= 11 is 0. The molecule has 0 N–H and O–H groups in total. The van der Waals surface area contributed by atoms with E-state index in [4.69, 9.17) is 4.42 Å². The standard InChI is InChI=1S/C11H13NO4S/c1-9-3-4-10(16-9)5-6-11(13)12-7-2-8-17(12,14)15/h3-6H,2,7-8H2,1H3/b6-5+. The van der Waals surface area contributed by atoms with Crippen molar-refractivity contribution in [3.05, 3.63) is 29.7 Å². The van der Waals surface area contributed by atoms with Crippen LogP contribution in [0.2, 0.25) is 0 Å². The van der Waals surface area contributed by atoms with Crippen LogP contribution in [0.3, 0.4) is 0 Å². The van der Waals surface area contributed by atoms with Crippen LogP contribution in [-0.4, -0.2) is 30.9 Å². The van der Waals surface area contributed by atoms with E-state index in [-0.39, 0.29) is 12.3 Å². The average Bonchev–Trinajstić information content (AvgIpc) is 2.81. The van der Waals surface area contributed by atoms with Crippen LogP contribution in [0.25, 0.3) is 6.08 Å². The third-order valence-corrected chi connectivity index (χ3v) is 4.34. The molecule has 2 rings (SSSR count). The molecule has 0 bridgehead atoms. The fourth-order valence-corrected chi connectivity index (χ4v) is 3.12. The number of hydrogen-bond acceptors (Lipinski definition) is 4. The molecular formula is C11H13NO4S. The predicted molar refractivity (Wildman–Crippen MR) is 62.6 cm³/mol. The second-order valence-corrected chi connectivity index (χ2v) is 5.87. The first kappa shape index (κ1) is 11.9. The monoisotopic (exact) mass is 255 g/mol. The second kappa shape index (κ2) is 4.37. The summed E-state index contributed by atoms with van der Waals surface area (Å²) in [4.78, 5) is 11.7. The summed E-state index contributed by atoms with van der Waals surface area (Å²) in [6, 6.07) is 3.49. The number of carbonyl (C=O) groups is 1. The van der Waals surface area contributed by atoms with Crippen LogP contribution < -0.4 is 0 Å². The van der Waals surface area contributed by atoms with Crippen LogP contribution in [0.4, 0.5) is 0 Å². The Morgan fingerprint density at radius 2 is 2.24 bits per heavy atom. The second-order valence-electron chi connectivity index (χ2n) is 3.86. The van der Waals surface area contributed by atoms with Gasteiger partial charge >= 0.3 is 0 Å². The van der Waals surface area contributed by atoms with Crippen molar-refractivity contribution in [2.45, 2.75) is 13.3 Å². The van der Waals surface area contributed by atoms with Crippen LogP contribution in [0.1, 0.15) is 17.9 Å². The zero-order valence-electron chi connectivity index (χ0n) is 9.42. The first-order chi connectivity index (χ1) is 7.99. The van der Waals surface area contributed by atoms with Crippen molar-refractivity contribution in [1.82, 2.24) is 4.31 Å². The Morgan fingerprint density at radius 1 is 1.47 bits per heavy atom. The van der Waals surface area contributed by atoms with Gasteiger partial charge < -0.3 is 4.42 Å². The van der Waals surface area contributed by atoms with Gasteiger partial charge in [0.05, 0.1) is 5.75 Å². The van der Waals surface area contributed by atoms with Crippen molar-refractivity contribution in [2.75, 3.05) is 12.3 Å². The summed E-state index contributed by atoms with van der Waals surface area (Å²) in [5.41, 5.74) is 0. The van der Waals surface area contributed by atoms with E-state index in [0.717, 1.165) is 10.1 Å². The summed E-state index contributed by atoms with van der Waals surface area (Å²) in [7, 11) is -3.38. The highest BCUT2D eigenvalue weighted by atomic mass is 32.2. The number of aryl methyl sites for hydroxylation is 1. The van der Waals surface area contributed by atoms with Gasteiger partial charge in [0.2, 0.25) is 10.0 Å². The maximum atomic E-state index is 11.7. The molecule has 0 atom stereocenters. The maximum absolute atomic E-state index is 11.7. The van der Waals surface area contributed by atoms with E-state index in [1.54, 1.807) is 19.1 Å². The molecule has 0 radical (unpaired) electrons. The van der Waals surface area contributed by atoms with E-state index in [0.29, 0.717) is 12.2 Å². The number of furan rings is 1. The molecule has 5 nitrogen and oxygen atoms in total. The number of hydrogen-bond donors (Lipinski definition) is 0. The fraction of sp³-hybridized carbons (Fsp3) is 0.364. The molecule has 1 fully saturated rings. The van der Waals surface area contributed by atoms with Gasteiger partial charge in [-0.05, 0) is 31.6 Å². The van der Waals surface area contributed by atoms with E-state index in [2.05, 4.69) is 0 Å². The lowest BCUT2D eigenvalue weighted by Crippen LogP contribution is -2.30. The summed E-state index contributed by atoms with van der Waals surface area (Å²) in [5, 5.41) is 0. The molecular weight excluding hydrogens is 242 g/mol. The summed E-state index contributed by atoms with van der Waals surface area (Å²) < 4.78 is 29.1. The Bertz CT molecular complexity index is 556. The van der Waals surface area contributed by atoms with Crippen LogP contribution >= 0.6 is 0 Å². The molecule has 17 heavy (non-hydrogen) atoms. The lowest BCUT2D eigenvalue weighted by molar-refractivity contribution is -0.121. The van der Waals surface area contributed by atoms with Crippen molar-refractivity contribution >= 4 is 22.0 Å². The molecule has 92 valence electrons. The van der Waals surface area contributed by atoms with Crippen molar-refractivity contribution in [3.8, 4) is 0 Å². The van der Waals surface area contributed by atoms with Gasteiger partial charge in [0.25, 0.3) is 5.91 Å². The quantitative estimate of drug-likeness (QED) is 0.744. The third-order valence-electron chi connectivity index (χ3n) is 2.50. The third kappa shape index (κ3) is 2.58. The van der Waals surface area contributed by atoms with Gasteiger partial charge in [-0.3, -0.25) is 4.79 Å². The van der Waals surface area contributed by atoms with Gasteiger partial charge in [0.15, 0.2) is 0 Å². The molecule has 6 heteroatoms.